The van der Waals surface area contributed by atoms with Crippen molar-refractivity contribution < 1.29 is 73.4 Å². The summed E-state index contributed by atoms with van der Waals surface area (Å²) >= 11 is 0. The number of esters is 3. The molecule has 0 radical (unpaired) electrons. The Morgan fingerprint density at radius 2 is 0.881 bits per heavy atom. The van der Waals surface area contributed by atoms with Crippen molar-refractivity contribution in [1.29, 1.82) is 0 Å². The number of carbonyl (C=O) groups is 3. The van der Waals surface area contributed by atoms with Crippen LogP contribution in [0.4, 0.5) is 0 Å². The topological polar surface area (TPSA) is 228 Å². The van der Waals surface area contributed by atoms with Gasteiger partial charge in [-0.1, -0.05) is 19.7 Å². The molecule has 15 heteroatoms. The van der Waals surface area contributed by atoms with Crippen molar-refractivity contribution in [2.45, 2.75) is 63.5 Å². The maximum atomic E-state index is 11.6. The van der Waals surface area contributed by atoms with Gasteiger partial charge in [0.25, 0.3) is 0 Å². The van der Waals surface area contributed by atoms with E-state index in [2.05, 4.69) is 19.7 Å². The van der Waals surface area contributed by atoms with Crippen LogP contribution in [0.3, 0.4) is 0 Å². The Bertz CT molecular complexity index is 889. The molecule has 6 N–H and O–H groups in total. The summed E-state index contributed by atoms with van der Waals surface area (Å²) in [4.78, 5) is 34.8. The van der Waals surface area contributed by atoms with Gasteiger partial charge in [0.1, 0.15) is 62.5 Å². The highest BCUT2D eigenvalue weighted by Gasteiger charge is 2.38. The molecule has 242 valence electrons. The van der Waals surface area contributed by atoms with Crippen LogP contribution in [-0.2, 0) is 42.8 Å². The quantitative estimate of drug-likeness (QED) is 0.0416. The molecule has 0 aromatic carbocycles. The molecule has 0 aliphatic carbocycles. The van der Waals surface area contributed by atoms with Gasteiger partial charge in [-0.05, 0) is 20.8 Å². The second-order valence-electron chi connectivity index (χ2n) is 9.50. The third-order valence-corrected chi connectivity index (χ3v) is 5.17. The fraction of sp³-hybridized carbons (Fsp3) is 0.667. The van der Waals surface area contributed by atoms with Crippen LogP contribution in [-0.4, -0.2) is 144 Å². The van der Waals surface area contributed by atoms with E-state index in [0.717, 1.165) is 0 Å². The Hall–Kier alpha value is -2.73. The van der Waals surface area contributed by atoms with Gasteiger partial charge in [-0.25, -0.2) is 14.4 Å². The highest BCUT2D eigenvalue weighted by atomic mass is 16.6. The van der Waals surface area contributed by atoms with Crippen LogP contribution >= 0.6 is 0 Å². The summed E-state index contributed by atoms with van der Waals surface area (Å²) in [5, 5.41) is 60.8. The van der Waals surface area contributed by atoms with Gasteiger partial charge >= 0.3 is 17.9 Å². The van der Waals surface area contributed by atoms with Crippen molar-refractivity contribution in [2.75, 3.05) is 52.9 Å². The Morgan fingerprint density at radius 3 is 1.19 bits per heavy atom. The van der Waals surface area contributed by atoms with Gasteiger partial charge in [0.2, 0.25) is 0 Å². The third kappa shape index (κ3) is 16.1. The molecule has 0 bridgehead atoms. The minimum absolute atomic E-state index is 0.0919. The van der Waals surface area contributed by atoms with E-state index in [-0.39, 0.29) is 16.7 Å². The molecule has 0 aliphatic rings. The molecule has 0 aliphatic heterocycles. The van der Waals surface area contributed by atoms with E-state index < -0.39 is 113 Å². The second kappa shape index (κ2) is 21.0. The van der Waals surface area contributed by atoms with Gasteiger partial charge in [-0.2, -0.15) is 0 Å². The van der Waals surface area contributed by atoms with Crippen LogP contribution < -0.4 is 0 Å². The summed E-state index contributed by atoms with van der Waals surface area (Å²) in [6.45, 7) is 9.73. The van der Waals surface area contributed by atoms with Crippen molar-refractivity contribution >= 4 is 17.9 Å². The van der Waals surface area contributed by atoms with Gasteiger partial charge in [0.05, 0.1) is 33.0 Å². The number of ether oxygens (including phenoxy) is 6. The fourth-order valence-corrected chi connectivity index (χ4v) is 2.90. The lowest BCUT2D eigenvalue weighted by molar-refractivity contribution is -0.202. The second-order valence-corrected chi connectivity index (χ2v) is 9.50. The molecule has 7 atom stereocenters. The summed E-state index contributed by atoms with van der Waals surface area (Å²) in [7, 11) is 0. The first-order chi connectivity index (χ1) is 19.6. The smallest absolute Gasteiger partial charge is 0.333 e. The van der Waals surface area contributed by atoms with E-state index >= 15 is 0 Å². The molecule has 0 saturated carbocycles. The van der Waals surface area contributed by atoms with E-state index in [9.17, 15) is 45.0 Å². The summed E-state index contributed by atoms with van der Waals surface area (Å²) < 4.78 is 31.3. The molecule has 0 amide bonds. The van der Waals surface area contributed by atoms with E-state index in [4.69, 9.17) is 28.4 Å². The highest BCUT2D eigenvalue weighted by Crippen LogP contribution is 2.18. The van der Waals surface area contributed by atoms with Crippen LogP contribution in [0.25, 0.3) is 0 Å². The molecule has 0 saturated heterocycles. The maximum absolute atomic E-state index is 11.6. The number of hydrogen-bond donors (Lipinski definition) is 6. The van der Waals surface area contributed by atoms with E-state index in [1.54, 1.807) is 0 Å². The Balaban J connectivity index is 5.68. The number of aliphatic hydroxyl groups excluding tert-OH is 6. The van der Waals surface area contributed by atoms with Gasteiger partial charge in [0.15, 0.2) is 0 Å². The molecule has 0 heterocycles. The fourth-order valence-electron chi connectivity index (χ4n) is 2.90. The molecule has 0 spiro atoms. The predicted molar refractivity (Wildman–Crippen MR) is 145 cm³/mol. The number of hydrogen-bond acceptors (Lipinski definition) is 15. The largest absolute Gasteiger partial charge is 0.460 e. The lowest BCUT2D eigenvalue weighted by atomic mass is 10.0. The summed E-state index contributed by atoms with van der Waals surface area (Å²) in [6.07, 6.45) is -10.2. The summed E-state index contributed by atoms with van der Waals surface area (Å²) in [6, 6.07) is 0. The maximum Gasteiger partial charge on any atom is 0.333 e. The molecular formula is C27H44O15. The first-order valence-corrected chi connectivity index (χ1v) is 12.9. The Labute approximate surface area is 244 Å². The molecule has 3 unspecified atom stereocenters. The minimum Gasteiger partial charge on any atom is -0.460 e. The molecule has 0 fully saturated rings. The minimum atomic E-state index is -1.68. The zero-order valence-corrected chi connectivity index (χ0v) is 24.2. The third-order valence-electron chi connectivity index (χ3n) is 5.17. The predicted octanol–water partition coefficient (Wildman–Crippen LogP) is -2.07. The van der Waals surface area contributed by atoms with E-state index in [1.165, 1.54) is 20.8 Å². The van der Waals surface area contributed by atoms with Crippen molar-refractivity contribution in [3.05, 3.63) is 36.5 Å². The van der Waals surface area contributed by atoms with Crippen LogP contribution in [0.2, 0.25) is 0 Å². The van der Waals surface area contributed by atoms with Crippen LogP contribution in [0, 0.1) is 0 Å². The molecule has 42 heavy (non-hydrogen) atoms. The standard InChI is InChI=1S/C27H44O15/c1-15(2)25(34)40-12-18(30)9-37-22(8-29)24(39-11-20(32)14-42-27(36)17(5)6)23(21(33)7-28)38-10-19(31)13-41-26(35)16(3)4/h18-24,28-33H,1,3,5,7-14H2,2,4,6H3/t18?,19?,20?,21-,22+,23+,24-/m1/s1. The molecule has 15 nitrogen and oxygen atoms in total. The SMILES string of the molecule is C=C(C)C(=O)OCC(O)CO[C@H]([C@H](OCC(O)COC(=O)C(=C)C)[C@H](CO)OCC(O)COC(=O)C(=C)C)[C@H](O)CO. The Morgan fingerprint density at radius 1 is 0.548 bits per heavy atom. The van der Waals surface area contributed by atoms with Crippen molar-refractivity contribution in [2.24, 2.45) is 0 Å². The number of aliphatic hydroxyl groups is 6. The molecule has 0 aromatic heterocycles. The average Bonchev–Trinajstić information content (AvgIpc) is 2.94. The first kappa shape index (κ1) is 39.3. The zero-order valence-electron chi connectivity index (χ0n) is 24.2. The zero-order chi connectivity index (χ0) is 32.4. The van der Waals surface area contributed by atoms with E-state index in [0.29, 0.717) is 0 Å². The lowest BCUT2D eigenvalue weighted by Crippen LogP contribution is -2.53. The van der Waals surface area contributed by atoms with Crippen molar-refractivity contribution in [3.63, 3.8) is 0 Å². The van der Waals surface area contributed by atoms with Crippen molar-refractivity contribution in [1.82, 2.24) is 0 Å². The van der Waals surface area contributed by atoms with Gasteiger partial charge in [0, 0.05) is 16.7 Å². The van der Waals surface area contributed by atoms with Gasteiger partial charge < -0.3 is 59.1 Å². The summed E-state index contributed by atoms with van der Waals surface area (Å²) in [5.41, 5.74) is 0.290. The lowest BCUT2D eigenvalue weighted by Gasteiger charge is -2.35. The van der Waals surface area contributed by atoms with Gasteiger partial charge in [-0.3, -0.25) is 0 Å². The average molecular weight is 609 g/mol. The molecule has 0 rings (SSSR count). The van der Waals surface area contributed by atoms with Crippen molar-refractivity contribution in [3.8, 4) is 0 Å². The number of carbonyl (C=O) groups excluding carboxylic acids is 3. The normalized spacial score (nSPS) is 16.2. The monoisotopic (exact) mass is 608 g/mol. The van der Waals surface area contributed by atoms with Crippen LogP contribution in [0.1, 0.15) is 20.8 Å². The van der Waals surface area contributed by atoms with Crippen LogP contribution in [0.5, 0.6) is 0 Å². The summed E-state index contributed by atoms with van der Waals surface area (Å²) in [5.74, 6) is -2.27. The Kier molecular flexibility index (Phi) is 19.7. The van der Waals surface area contributed by atoms with Crippen LogP contribution in [0.15, 0.2) is 36.5 Å². The van der Waals surface area contributed by atoms with E-state index in [1.807, 2.05) is 0 Å². The number of rotatable bonds is 23. The molecular weight excluding hydrogens is 564 g/mol. The highest BCUT2D eigenvalue weighted by molar-refractivity contribution is 5.87. The van der Waals surface area contributed by atoms with Gasteiger partial charge in [-0.15, -0.1) is 0 Å². The molecule has 0 aromatic rings. The first-order valence-electron chi connectivity index (χ1n) is 12.9.